The highest BCUT2D eigenvalue weighted by Crippen LogP contribution is 2.48. The molecule has 1 saturated carbocycles. The minimum atomic E-state index is -0.564. The molecule has 1 saturated heterocycles. The number of ether oxygens (including phenoxy) is 1. The number of nitrogens with two attached hydrogens (primary N) is 1. The molecule has 0 spiro atoms. The maximum absolute atomic E-state index is 13.5. The summed E-state index contributed by atoms with van der Waals surface area (Å²) < 4.78 is 21.4. The van der Waals surface area contributed by atoms with Crippen molar-refractivity contribution in [2.75, 3.05) is 13.1 Å². The van der Waals surface area contributed by atoms with Gasteiger partial charge in [-0.3, -0.25) is 4.79 Å². The summed E-state index contributed by atoms with van der Waals surface area (Å²) in [7, 11) is 0. The highest BCUT2D eigenvalue weighted by atomic mass is 19.1. The smallest absolute Gasteiger partial charge is 0.257 e. The number of carbonyl (C=O) groups excluding carboxylic acids is 1. The Bertz CT molecular complexity index is 1510. The molecule has 1 aliphatic heterocycles. The predicted octanol–water partition coefficient (Wildman–Crippen LogP) is 3.91. The van der Waals surface area contributed by atoms with Gasteiger partial charge in [0.2, 0.25) is 11.8 Å². The second-order valence-corrected chi connectivity index (χ2v) is 10.6. The van der Waals surface area contributed by atoms with Crippen molar-refractivity contribution >= 4 is 5.91 Å². The van der Waals surface area contributed by atoms with Crippen LogP contribution in [0.3, 0.4) is 0 Å². The Morgan fingerprint density at radius 3 is 2.51 bits per heavy atom. The summed E-state index contributed by atoms with van der Waals surface area (Å²) in [5.74, 6) is 1.03. The normalized spacial score (nSPS) is 21.4. The lowest BCUT2D eigenvalue weighted by molar-refractivity contribution is 0.0751. The standard InChI is InChI=1S/C29H30FN7O2/c1-4-29(3,31)19-12-24(18-6-8-20(30)9-7-18)34-25(13-19)39-26-22-14-36(15-23(22)26)27(38)21-16-37(35-17(21)2)28-32-10-5-11-33-28/h5-13,16,22-23,26H,4,14-15,31H2,1-3H3/t22-,23+,26+,29?. The van der Waals surface area contributed by atoms with E-state index in [1.807, 2.05) is 37.8 Å². The van der Waals surface area contributed by atoms with Gasteiger partial charge >= 0.3 is 0 Å². The Hall–Kier alpha value is -4.18. The highest BCUT2D eigenvalue weighted by Gasteiger charge is 2.59. The first kappa shape index (κ1) is 25.1. The Kier molecular flexibility index (Phi) is 6.14. The zero-order valence-corrected chi connectivity index (χ0v) is 22.1. The van der Waals surface area contributed by atoms with E-state index in [0.717, 1.165) is 17.5 Å². The van der Waals surface area contributed by atoms with E-state index in [1.54, 1.807) is 36.8 Å². The molecule has 39 heavy (non-hydrogen) atoms. The van der Waals surface area contributed by atoms with Crippen LogP contribution >= 0.6 is 0 Å². The summed E-state index contributed by atoms with van der Waals surface area (Å²) in [6, 6.07) is 11.8. The molecular weight excluding hydrogens is 497 g/mol. The molecule has 1 aromatic carbocycles. The van der Waals surface area contributed by atoms with Crippen molar-refractivity contribution in [3.63, 3.8) is 0 Å². The van der Waals surface area contributed by atoms with Crippen molar-refractivity contribution in [2.45, 2.75) is 38.8 Å². The van der Waals surface area contributed by atoms with Crippen LogP contribution in [0.5, 0.6) is 5.88 Å². The third kappa shape index (κ3) is 4.76. The number of hydrogen-bond donors (Lipinski definition) is 1. The van der Waals surface area contributed by atoms with E-state index in [1.165, 1.54) is 16.8 Å². The van der Waals surface area contributed by atoms with Gasteiger partial charge in [0.1, 0.15) is 11.9 Å². The maximum Gasteiger partial charge on any atom is 0.257 e. The van der Waals surface area contributed by atoms with Crippen LogP contribution in [0.4, 0.5) is 4.39 Å². The van der Waals surface area contributed by atoms with Gasteiger partial charge in [-0.05, 0) is 62.2 Å². The van der Waals surface area contributed by atoms with Gasteiger partial charge in [-0.1, -0.05) is 6.92 Å². The molecule has 0 bridgehead atoms. The van der Waals surface area contributed by atoms with Gasteiger partial charge < -0.3 is 15.4 Å². The van der Waals surface area contributed by atoms with Gasteiger partial charge in [-0.25, -0.2) is 24.0 Å². The molecule has 6 rings (SSSR count). The molecule has 1 aliphatic carbocycles. The maximum atomic E-state index is 13.5. The van der Waals surface area contributed by atoms with Crippen LogP contribution in [-0.2, 0) is 5.54 Å². The summed E-state index contributed by atoms with van der Waals surface area (Å²) >= 11 is 0. The summed E-state index contributed by atoms with van der Waals surface area (Å²) in [5, 5.41) is 4.43. The topological polar surface area (TPSA) is 112 Å². The van der Waals surface area contributed by atoms with Gasteiger partial charge in [0.25, 0.3) is 5.91 Å². The van der Waals surface area contributed by atoms with Gasteiger partial charge in [0.15, 0.2) is 0 Å². The number of hydrogen-bond acceptors (Lipinski definition) is 7. The van der Waals surface area contributed by atoms with Gasteiger partial charge in [0, 0.05) is 60.7 Å². The Labute approximate surface area is 225 Å². The first-order valence-electron chi connectivity index (χ1n) is 13.1. The van der Waals surface area contributed by atoms with E-state index in [9.17, 15) is 9.18 Å². The molecule has 2 N–H and O–H groups in total. The fraction of sp³-hybridized carbons (Fsp3) is 0.345. The number of rotatable bonds is 7. The molecule has 1 unspecified atom stereocenters. The number of piperidine rings is 1. The van der Waals surface area contributed by atoms with Crippen molar-refractivity contribution in [3.05, 3.63) is 83.7 Å². The number of nitrogens with zero attached hydrogens (tertiary/aromatic N) is 6. The second-order valence-electron chi connectivity index (χ2n) is 10.6. The van der Waals surface area contributed by atoms with E-state index in [-0.39, 0.29) is 29.7 Å². The van der Waals surface area contributed by atoms with Crippen LogP contribution in [0.15, 0.2) is 61.1 Å². The van der Waals surface area contributed by atoms with E-state index < -0.39 is 5.54 Å². The average molecular weight is 528 g/mol. The fourth-order valence-electron chi connectivity index (χ4n) is 5.17. The molecule has 10 heteroatoms. The fourth-order valence-corrected chi connectivity index (χ4v) is 5.17. The third-order valence-electron chi connectivity index (χ3n) is 7.88. The molecule has 0 radical (unpaired) electrons. The zero-order valence-electron chi connectivity index (χ0n) is 22.1. The largest absolute Gasteiger partial charge is 0.474 e. The molecule has 4 aromatic rings. The number of likely N-dealkylation sites (tertiary alicyclic amines) is 1. The highest BCUT2D eigenvalue weighted by molar-refractivity contribution is 5.95. The first-order chi connectivity index (χ1) is 18.7. The quantitative estimate of drug-likeness (QED) is 0.388. The number of aromatic nitrogens is 5. The molecule has 4 atom stereocenters. The van der Waals surface area contributed by atoms with E-state index in [2.05, 4.69) is 15.1 Å². The van der Waals surface area contributed by atoms with Crippen molar-refractivity contribution in [1.29, 1.82) is 0 Å². The van der Waals surface area contributed by atoms with Gasteiger partial charge in [-0.15, -0.1) is 0 Å². The summed E-state index contributed by atoms with van der Waals surface area (Å²) in [4.78, 5) is 28.3. The van der Waals surface area contributed by atoms with Gasteiger partial charge in [-0.2, -0.15) is 5.10 Å². The van der Waals surface area contributed by atoms with Crippen LogP contribution in [0.25, 0.3) is 17.2 Å². The average Bonchev–Trinajstić information content (AvgIpc) is 3.25. The van der Waals surface area contributed by atoms with Crippen molar-refractivity contribution in [2.24, 2.45) is 17.6 Å². The predicted molar refractivity (Wildman–Crippen MR) is 143 cm³/mol. The summed E-state index contributed by atoms with van der Waals surface area (Å²) in [6.45, 7) is 7.04. The number of halogens is 1. The van der Waals surface area contributed by atoms with E-state index in [0.29, 0.717) is 41.9 Å². The summed E-state index contributed by atoms with van der Waals surface area (Å²) in [6.07, 6.45) is 5.67. The molecule has 3 aromatic heterocycles. The van der Waals surface area contributed by atoms with Crippen LogP contribution in [0.2, 0.25) is 0 Å². The van der Waals surface area contributed by atoms with Crippen LogP contribution < -0.4 is 10.5 Å². The summed E-state index contributed by atoms with van der Waals surface area (Å²) in [5.41, 5.74) is 9.57. The van der Waals surface area contributed by atoms with Crippen molar-refractivity contribution in [1.82, 2.24) is 29.6 Å². The van der Waals surface area contributed by atoms with Crippen LogP contribution in [-0.4, -0.2) is 54.7 Å². The number of aryl methyl sites for hydroxylation is 1. The number of pyridine rings is 1. The van der Waals surface area contributed by atoms with Crippen LogP contribution in [0.1, 0.15) is 41.9 Å². The van der Waals surface area contributed by atoms with Crippen molar-refractivity contribution in [3.8, 4) is 23.1 Å². The molecule has 200 valence electrons. The molecule has 1 amide bonds. The van der Waals surface area contributed by atoms with Crippen molar-refractivity contribution < 1.29 is 13.9 Å². The van der Waals surface area contributed by atoms with E-state index >= 15 is 0 Å². The number of amides is 1. The molecule has 2 aliphatic rings. The SMILES string of the molecule is CCC(C)(N)c1cc(O[C@H]2[C@@H]3CN(C(=O)c4cn(-c5ncccn5)nc4C)C[C@@H]32)nc(-c2ccc(F)cc2)c1. The lowest BCUT2D eigenvalue weighted by Gasteiger charge is -2.25. The molecular formula is C29H30FN7O2. The van der Waals surface area contributed by atoms with E-state index in [4.69, 9.17) is 15.5 Å². The molecule has 2 fully saturated rings. The molecule has 9 nitrogen and oxygen atoms in total. The number of fused-ring (bicyclic) bond motifs is 1. The lowest BCUT2D eigenvalue weighted by atomic mass is 9.90. The number of benzene rings is 1. The third-order valence-corrected chi connectivity index (χ3v) is 7.88. The monoisotopic (exact) mass is 527 g/mol. The lowest BCUT2D eigenvalue weighted by Crippen LogP contribution is -2.34. The second kappa shape index (κ2) is 9.53. The van der Waals surface area contributed by atoms with Gasteiger partial charge in [0.05, 0.1) is 17.0 Å². The first-order valence-corrected chi connectivity index (χ1v) is 13.1. The van der Waals surface area contributed by atoms with Crippen LogP contribution in [0, 0.1) is 24.6 Å². The Balaban J connectivity index is 1.17. The Morgan fingerprint density at radius 1 is 1.15 bits per heavy atom. The molecule has 4 heterocycles. The minimum absolute atomic E-state index is 0.0231. The zero-order chi connectivity index (χ0) is 27.3. The number of carbonyl (C=O) groups is 1. The Morgan fingerprint density at radius 2 is 1.85 bits per heavy atom. The minimum Gasteiger partial charge on any atom is -0.474 e.